The van der Waals surface area contributed by atoms with Crippen molar-refractivity contribution in [2.24, 2.45) is 0 Å². The summed E-state index contributed by atoms with van der Waals surface area (Å²) in [6.45, 7) is 0. The summed E-state index contributed by atoms with van der Waals surface area (Å²) in [6.07, 6.45) is 6.25. The van der Waals surface area contributed by atoms with Crippen LogP contribution in [-0.4, -0.2) is 19.9 Å². The van der Waals surface area contributed by atoms with Gasteiger partial charge >= 0.3 is 0 Å². The molecule has 1 aliphatic rings. The van der Waals surface area contributed by atoms with Crippen molar-refractivity contribution in [3.05, 3.63) is 76.6 Å². The number of halogens is 1. The Bertz CT molecular complexity index is 831. The Labute approximate surface area is 148 Å². The third kappa shape index (κ3) is 4.24. The highest BCUT2D eigenvalue weighted by molar-refractivity contribution is 6.13. The SMILES string of the molecule is CN(C)c1ccc(/C=C2\CCC/C(=C\c3cccc(F)c3)C2=O)cc1. The summed E-state index contributed by atoms with van der Waals surface area (Å²) in [5, 5.41) is 0. The van der Waals surface area contributed by atoms with Gasteiger partial charge in [0.2, 0.25) is 0 Å². The largest absolute Gasteiger partial charge is 0.378 e. The van der Waals surface area contributed by atoms with E-state index in [1.807, 2.05) is 61.5 Å². The molecule has 0 heterocycles. The number of nitrogens with zero attached hydrogens (tertiary/aromatic N) is 1. The average Bonchev–Trinajstić information content (AvgIpc) is 2.59. The van der Waals surface area contributed by atoms with Crippen LogP contribution in [-0.2, 0) is 4.79 Å². The van der Waals surface area contributed by atoms with E-state index >= 15 is 0 Å². The van der Waals surface area contributed by atoms with Gasteiger partial charge in [-0.05, 0) is 66.8 Å². The molecule has 0 radical (unpaired) electrons. The van der Waals surface area contributed by atoms with Crippen molar-refractivity contribution in [2.45, 2.75) is 19.3 Å². The molecule has 0 bridgehead atoms. The minimum absolute atomic E-state index is 0.0761. The van der Waals surface area contributed by atoms with Crippen molar-refractivity contribution in [1.29, 1.82) is 0 Å². The van der Waals surface area contributed by atoms with Crippen LogP contribution in [0.1, 0.15) is 30.4 Å². The number of carbonyl (C=O) groups excluding carboxylic acids is 1. The van der Waals surface area contributed by atoms with E-state index < -0.39 is 0 Å². The molecule has 0 saturated heterocycles. The predicted molar refractivity (Wildman–Crippen MR) is 102 cm³/mol. The molecule has 1 saturated carbocycles. The Morgan fingerprint density at radius 3 is 2.16 bits per heavy atom. The van der Waals surface area contributed by atoms with Gasteiger partial charge in [-0.2, -0.15) is 0 Å². The van der Waals surface area contributed by atoms with Crippen molar-refractivity contribution in [1.82, 2.24) is 0 Å². The van der Waals surface area contributed by atoms with Gasteiger partial charge in [-0.25, -0.2) is 4.39 Å². The van der Waals surface area contributed by atoms with E-state index in [9.17, 15) is 9.18 Å². The van der Waals surface area contributed by atoms with Gasteiger partial charge in [0.25, 0.3) is 0 Å². The van der Waals surface area contributed by atoms with Crippen molar-refractivity contribution in [3.63, 3.8) is 0 Å². The minimum atomic E-state index is -0.283. The molecule has 1 fully saturated rings. The van der Waals surface area contributed by atoms with E-state index in [2.05, 4.69) is 0 Å². The maximum Gasteiger partial charge on any atom is 0.185 e. The Kier molecular flexibility index (Phi) is 5.13. The quantitative estimate of drug-likeness (QED) is 0.726. The lowest BCUT2D eigenvalue weighted by Gasteiger charge is -2.17. The standard InChI is InChI=1S/C22H22FNO/c1-24(2)21-11-9-16(10-12-21)13-18-6-4-7-19(22(18)25)14-17-5-3-8-20(23)15-17/h3,5,8-15H,4,6-7H2,1-2H3/b18-13+,19-14+. The molecule has 0 atom stereocenters. The third-order valence-electron chi connectivity index (χ3n) is 4.42. The monoisotopic (exact) mass is 335 g/mol. The summed E-state index contributed by atoms with van der Waals surface area (Å²) >= 11 is 0. The lowest BCUT2D eigenvalue weighted by Crippen LogP contribution is -2.12. The predicted octanol–water partition coefficient (Wildman–Crippen LogP) is 5.11. The van der Waals surface area contributed by atoms with Gasteiger partial charge in [-0.3, -0.25) is 4.79 Å². The van der Waals surface area contributed by atoms with Crippen LogP contribution >= 0.6 is 0 Å². The first kappa shape index (κ1) is 17.2. The van der Waals surface area contributed by atoms with Crippen LogP contribution in [0.2, 0.25) is 0 Å². The van der Waals surface area contributed by atoms with Crippen molar-refractivity contribution in [2.75, 3.05) is 19.0 Å². The van der Waals surface area contributed by atoms with Gasteiger partial charge in [0.05, 0.1) is 0 Å². The highest BCUT2D eigenvalue weighted by Crippen LogP contribution is 2.28. The number of hydrogen-bond donors (Lipinski definition) is 0. The first-order valence-corrected chi connectivity index (χ1v) is 8.52. The van der Waals surface area contributed by atoms with E-state index in [1.165, 1.54) is 12.1 Å². The molecule has 1 aliphatic carbocycles. The number of benzene rings is 2. The van der Waals surface area contributed by atoms with E-state index in [-0.39, 0.29) is 11.6 Å². The van der Waals surface area contributed by atoms with Gasteiger partial charge < -0.3 is 4.90 Å². The Hall–Kier alpha value is -2.68. The zero-order chi connectivity index (χ0) is 17.8. The Morgan fingerprint density at radius 1 is 0.920 bits per heavy atom. The number of rotatable bonds is 3. The summed E-state index contributed by atoms with van der Waals surface area (Å²) in [4.78, 5) is 14.8. The van der Waals surface area contributed by atoms with Gasteiger partial charge in [-0.1, -0.05) is 24.3 Å². The summed E-state index contributed by atoms with van der Waals surface area (Å²) in [6, 6.07) is 14.5. The molecule has 128 valence electrons. The van der Waals surface area contributed by atoms with E-state index in [1.54, 1.807) is 6.07 Å². The highest BCUT2D eigenvalue weighted by atomic mass is 19.1. The number of anilines is 1. The molecule has 0 amide bonds. The van der Waals surface area contributed by atoms with Crippen LogP contribution in [0.4, 0.5) is 10.1 Å². The zero-order valence-corrected chi connectivity index (χ0v) is 14.6. The van der Waals surface area contributed by atoms with Crippen LogP contribution in [0.25, 0.3) is 12.2 Å². The second kappa shape index (κ2) is 7.47. The van der Waals surface area contributed by atoms with Gasteiger partial charge in [0, 0.05) is 30.9 Å². The Morgan fingerprint density at radius 2 is 1.56 bits per heavy atom. The summed E-state index contributed by atoms with van der Waals surface area (Å²) in [7, 11) is 4.00. The molecule has 0 N–H and O–H groups in total. The fourth-order valence-electron chi connectivity index (χ4n) is 3.05. The first-order chi connectivity index (χ1) is 12.0. The topological polar surface area (TPSA) is 20.3 Å². The molecule has 3 heteroatoms. The van der Waals surface area contributed by atoms with Crippen LogP contribution in [0.15, 0.2) is 59.7 Å². The lowest BCUT2D eigenvalue weighted by molar-refractivity contribution is -0.112. The van der Waals surface area contributed by atoms with Crippen LogP contribution in [0.5, 0.6) is 0 Å². The minimum Gasteiger partial charge on any atom is -0.378 e. The third-order valence-corrected chi connectivity index (χ3v) is 4.42. The molecule has 0 unspecified atom stereocenters. The molecule has 2 aromatic rings. The van der Waals surface area contributed by atoms with Crippen molar-refractivity contribution in [3.8, 4) is 0 Å². The highest BCUT2D eigenvalue weighted by Gasteiger charge is 2.20. The number of hydrogen-bond acceptors (Lipinski definition) is 2. The molecule has 2 aromatic carbocycles. The average molecular weight is 335 g/mol. The van der Waals surface area contributed by atoms with Gasteiger partial charge in [0.1, 0.15) is 5.82 Å². The first-order valence-electron chi connectivity index (χ1n) is 8.52. The van der Waals surface area contributed by atoms with Crippen LogP contribution in [0, 0.1) is 5.82 Å². The summed E-state index contributed by atoms with van der Waals surface area (Å²) in [5.74, 6) is -0.207. The molecule has 0 aromatic heterocycles. The molecule has 2 nitrogen and oxygen atoms in total. The van der Waals surface area contributed by atoms with E-state index in [4.69, 9.17) is 0 Å². The molecule has 25 heavy (non-hydrogen) atoms. The molecule has 0 aliphatic heterocycles. The van der Waals surface area contributed by atoms with E-state index in [0.717, 1.165) is 47.2 Å². The van der Waals surface area contributed by atoms with E-state index in [0.29, 0.717) is 0 Å². The maximum atomic E-state index is 13.3. The fraction of sp³-hybridized carbons (Fsp3) is 0.227. The second-order valence-corrected chi connectivity index (χ2v) is 6.56. The second-order valence-electron chi connectivity index (χ2n) is 6.56. The molecular weight excluding hydrogens is 313 g/mol. The van der Waals surface area contributed by atoms with Crippen molar-refractivity contribution < 1.29 is 9.18 Å². The van der Waals surface area contributed by atoms with Crippen LogP contribution in [0.3, 0.4) is 0 Å². The van der Waals surface area contributed by atoms with Crippen molar-refractivity contribution >= 4 is 23.6 Å². The molecular formula is C22H22FNO. The number of carbonyl (C=O) groups is 1. The lowest BCUT2D eigenvalue weighted by atomic mass is 9.87. The maximum absolute atomic E-state index is 13.3. The van der Waals surface area contributed by atoms with Gasteiger partial charge in [-0.15, -0.1) is 0 Å². The summed E-state index contributed by atoms with van der Waals surface area (Å²) < 4.78 is 13.3. The number of ketones is 1. The zero-order valence-electron chi connectivity index (χ0n) is 14.6. The molecule has 3 rings (SSSR count). The van der Waals surface area contributed by atoms with Gasteiger partial charge in [0.15, 0.2) is 5.78 Å². The molecule has 0 spiro atoms. The van der Waals surface area contributed by atoms with Crippen LogP contribution < -0.4 is 4.90 Å². The fourth-order valence-corrected chi connectivity index (χ4v) is 3.05. The normalized spacial score (nSPS) is 18.0. The summed E-state index contributed by atoms with van der Waals surface area (Å²) in [5.41, 5.74) is 4.48. The number of Topliss-reactive ketones (excluding diaryl/α,β-unsaturated/α-hetero) is 1. The number of allylic oxidation sites excluding steroid dienone is 2. The Balaban J connectivity index is 1.84. The smallest absolute Gasteiger partial charge is 0.185 e.